The average molecular weight is 595 g/mol. The number of rotatable bonds is 13. The Balaban J connectivity index is 1.31. The van der Waals surface area contributed by atoms with E-state index in [2.05, 4.69) is 53.4 Å². The van der Waals surface area contributed by atoms with Crippen molar-refractivity contribution in [2.24, 2.45) is 0 Å². The third-order valence-corrected chi connectivity index (χ3v) is 7.90. The van der Waals surface area contributed by atoms with Crippen molar-refractivity contribution >= 4 is 11.7 Å². The van der Waals surface area contributed by atoms with Gasteiger partial charge in [0.25, 0.3) is 5.69 Å². The summed E-state index contributed by atoms with van der Waals surface area (Å²) in [5, 5.41) is 11.6. The SMILES string of the molecule is COC(=O)c1ccc(-c2ccc(CCN(Cc3ccccc3)C[C@@H](OC3CCCCO3)c3ccccc3)cc2)cc1[N+](=O)[O-]. The normalized spacial score (nSPS) is 15.5. The molecule has 4 aromatic rings. The molecule has 1 unspecified atom stereocenters. The molecule has 0 amide bonds. The van der Waals surface area contributed by atoms with Gasteiger partial charge in [-0.2, -0.15) is 0 Å². The highest BCUT2D eigenvalue weighted by atomic mass is 16.7. The lowest BCUT2D eigenvalue weighted by molar-refractivity contribution is -0.385. The molecule has 44 heavy (non-hydrogen) atoms. The Labute approximate surface area is 258 Å². The van der Waals surface area contributed by atoms with Crippen LogP contribution in [0.3, 0.4) is 0 Å². The van der Waals surface area contributed by atoms with Gasteiger partial charge in [-0.3, -0.25) is 15.0 Å². The molecule has 1 aliphatic heterocycles. The Morgan fingerprint density at radius 3 is 2.30 bits per heavy atom. The van der Waals surface area contributed by atoms with Crippen molar-refractivity contribution in [3.05, 3.63) is 135 Å². The van der Waals surface area contributed by atoms with Crippen LogP contribution in [-0.2, 0) is 27.2 Å². The van der Waals surface area contributed by atoms with Crippen molar-refractivity contribution in [3.63, 3.8) is 0 Å². The Morgan fingerprint density at radius 2 is 1.64 bits per heavy atom. The van der Waals surface area contributed by atoms with Crippen LogP contribution in [0, 0.1) is 10.1 Å². The molecule has 0 radical (unpaired) electrons. The minimum atomic E-state index is -0.732. The molecule has 0 spiro atoms. The maximum atomic E-state index is 12.0. The summed E-state index contributed by atoms with van der Waals surface area (Å²) in [5.74, 6) is -0.732. The van der Waals surface area contributed by atoms with Crippen molar-refractivity contribution in [1.82, 2.24) is 4.90 Å². The molecule has 0 aliphatic carbocycles. The summed E-state index contributed by atoms with van der Waals surface area (Å²) in [6, 6.07) is 33.4. The monoisotopic (exact) mass is 594 g/mol. The molecule has 0 N–H and O–H groups in total. The first-order chi connectivity index (χ1) is 21.5. The number of benzene rings is 4. The van der Waals surface area contributed by atoms with Gasteiger partial charge in [0, 0.05) is 32.3 Å². The molecule has 8 nitrogen and oxygen atoms in total. The predicted molar refractivity (Wildman–Crippen MR) is 169 cm³/mol. The lowest BCUT2D eigenvalue weighted by atomic mass is 10.00. The fourth-order valence-electron chi connectivity index (χ4n) is 5.50. The van der Waals surface area contributed by atoms with E-state index < -0.39 is 10.9 Å². The Bertz CT molecular complexity index is 1510. The number of carbonyl (C=O) groups is 1. The highest BCUT2D eigenvalue weighted by Gasteiger charge is 2.24. The number of nitro benzene ring substituents is 1. The molecular formula is C36H38N2O6. The smallest absolute Gasteiger partial charge is 0.344 e. The van der Waals surface area contributed by atoms with E-state index in [1.807, 2.05) is 36.4 Å². The molecule has 5 rings (SSSR count). The average Bonchev–Trinajstić information content (AvgIpc) is 3.07. The van der Waals surface area contributed by atoms with E-state index in [4.69, 9.17) is 14.2 Å². The van der Waals surface area contributed by atoms with Crippen LogP contribution in [0.2, 0.25) is 0 Å². The molecule has 2 atom stereocenters. The van der Waals surface area contributed by atoms with Crippen molar-refractivity contribution in [3.8, 4) is 11.1 Å². The molecule has 1 heterocycles. The fraction of sp³-hybridized carbons (Fsp3) is 0.306. The quantitative estimate of drug-likeness (QED) is 0.0906. The minimum Gasteiger partial charge on any atom is -0.465 e. The molecule has 1 saturated heterocycles. The lowest BCUT2D eigenvalue weighted by Gasteiger charge is -2.32. The Kier molecular flexibility index (Phi) is 10.9. The van der Waals surface area contributed by atoms with E-state index in [1.54, 1.807) is 6.07 Å². The summed E-state index contributed by atoms with van der Waals surface area (Å²) in [7, 11) is 1.21. The Morgan fingerprint density at radius 1 is 0.932 bits per heavy atom. The maximum Gasteiger partial charge on any atom is 0.344 e. The fourth-order valence-corrected chi connectivity index (χ4v) is 5.50. The van der Waals surface area contributed by atoms with E-state index in [-0.39, 0.29) is 23.6 Å². The highest BCUT2D eigenvalue weighted by molar-refractivity contribution is 5.94. The second-order valence-electron chi connectivity index (χ2n) is 11.0. The summed E-state index contributed by atoms with van der Waals surface area (Å²) in [4.78, 5) is 25.5. The third kappa shape index (κ3) is 8.38. The van der Waals surface area contributed by atoms with Crippen molar-refractivity contribution in [2.45, 2.75) is 44.6 Å². The van der Waals surface area contributed by atoms with Gasteiger partial charge in [0.1, 0.15) is 5.56 Å². The van der Waals surface area contributed by atoms with Gasteiger partial charge in [0.2, 0.25) is 0 Å². The van der Waals surface area contributed by atoms with Crippen LogP contribution in [0.1, 0.15) is 52.4 Å². The van der Waals surface area contributed by atoms with Crippen molar-refractivity contribution < 1.29 is 23.9 Å². The minimum absolute atomic E-state index is 0.0655. The zero-order valence-corrected chi connectivity index (χ0v) is 25.0. The van der Waals surface area contributed by atoms with Gasteiger partial charge in [-0.15, -0.1) is 0 Å². The second-order valence-corrected chi connectivity index (χ2v) is 11.0. The van der Waals surface area contributed by atoms with Gasteiger partial charge >= 0.3 is 5.97 Å². The number of hydrogen-bond donors (Lipinski definition) is 0. The molecule has 0 bridgehead atoms. The number of carbonyl (C=O) groups excluding carboxylic acids is 1. The van der Waals surface area contributed by atoms with Crippen LogP contribution in [0.15, 0.2) is 103 Å². The van der Waals surface area contributed by atoms with Crippen LogP contribution in [0.25, 0.3) is 11.1 Å². The van der Waals surface area contributed by atoms with Gasteiger partial charge in [-0.1, -0.05) is 91.0 Å². The van der Waals surface area contributed by atoms with E-state index >= 15 is 0 Å². The molecule has 1 aliphatic rings. The van der Waals surface area contributed by atoms with Gasteiger partial charge < -0.3 is 14.2 Å². The standard InChI is InChI=1S/C36H38N2O6/c1-42-36(39)32-20-19-31(24-33(32)38(40)41)29-17-15-27(16-18-29)21-22-37(25-28-10-4-2-5-11-28)26-34(30-12-6-3-7-13-30)44-35-14-8-9-23-43-35/h2-7,10-13,15-20,24,34-35H,8-9,14,21-23,25-26H2,1H3/t34-,35?/m1/s1. The molecule has 8 heteroatoms. The van der Waals surface area contributed by atoms with E-state index in [1.165, 1.54) is 24.8 Å². The molecular weight excluding hydrogens is 556 g/mol. The number of hydrogen-bond acceptors (Lipinski definition) is 7. The summed E-state index contributed by atoms with van der Waals surface area (Å²) < 4.78 is 17.2. The van der Waals surface area contributed by atoms with Gasteiger partial charge in [0.05, 0.1) is 18.1 Å². The van der Waals surface area contributed by atoms with Gasteiger partial charge in [-0.05, 0) is 59.6 Å². The van der Waals surface area contributed by atoms with E-state index in [0.29, 0.717) is 12.1 Å². The first-order valence-corrected chi connectivity index (χ1v) is 15.0. The van der Waals surface area contributed by atoms with Crippen LogP contribution < -0.4 is 0 Å². The number of nitro groups is 1. The number of methoxy groups -OCH3 is 1. The van der Waals surface area contributed by atoms with Crippen LogP contribution >= 0.6 is 0 Å². The topological polar surface area (TPSA) is 91.1 Å². The van der Waals surface area contributed by atoms with Crippen LogP contribution in [-0.4, -0.2) is 48.9 Å². The molecule has 0 saturated carbocycles. The predicted octanol–water partition coefficient (Wildman–Crippen LogP) is 7.38. The van der Waals surface area contributed by atoms with Crippen LogP contribution in [0.4, 0.5) is 5.69 Å². The largest absolute Gasteiger partial charge is 0.465 e. The molecule has 4 aromatic carbocycles. The van der Waals surface area contributed by atoms with Gasteiger partial charge in [-0.25, -0.2) is 4.79 Å². The molecule has 228 valence electrons. The van der Waals surface area contributed by atoms with Gasteiger partial charge in [0.15, 0.2) is 6.29 Å². The number of esters is 1. The summed E-state index contributed by atoms with van der Waals surface area (Å²) in [6.45, 7) is 3.05. The zero-order valence-electron chi connectivity index (χ0n) is 25.0. The van der Waals surface area contributed by atoms with E-state index in [0.717, 1.165) is 62.1 Å². The molecule has 1 fully saturated rings. The third-order valence-electron chi connectivity index (χ3n) is 7.90. The Hall–Kier alpha value is -4.37. The van der Waals surface area contributed by atoms with E-state index in [9.17, 15) is 14.9 Å². The summed E-state index contributed by atoms with van der Waals surface area (Å²) in [6.07, 6.45) is 3.58. The highest BCUT2D eigenvalue weighted by Crippen LogP contribution is 2.29. The number of ether oxygens (including phenoxy) is 3. The summed E-state index contributed by atoms with van der Waals surface area (Å²) >= 11 is 0. The second kappa shape index (κ2) is 15.4. The molecule has 0 aromatic heterocycles. The van der Waals surface area contributed by atoms with Crippen molar-refractivity contribution in [1.29, 1.82) is 0 Å². The maximum absolute atomic E-state index is 12.0. The zero-order chi connectivity index (χ0) is 30.7. The first kappa shape index (κ1) is 31.1. The number of nitrogens with zero attached hydrogens (tertiary/aromatic N) is 2. The van der Waals surface area contributed by atoms with Crippen molar-refractivity contribution in [2.75, 3.05) is 26.8 Å². The van der Waals surface area contributed by atoms with Crippen LogP contribution in [0.5, 0.6) is 0 Å². The first-order valence-electron chi connectivity index (χ1n) is 15.0. The lowest BCUT2D eigenvalue weighted by Crippen LogP contribution is -2.34. The summed E-state index contributed by atoms with van der Waals surface area (Å²) in [5.41, 5.74) is 4.68.